The van der Waals surface area contributed by atoms with E-state index in [1.54, 1.807) is 24.3 Å². The van der Waals surface area contributed by atoms with Crippen LogP contribution in [-0.4, -0.2) is 38.0 Å². The molecule has 0 aliphatic rings. The standard InChI is InChI=1S/C15H15BrClN3O4S.Na.H/c1-20(2)25(23,24)14-10(17)7-8-12(13(14)21)19-15(22)18-11-6-4-3-5-9(11)16;;/h3-8,21H,1-2H3,(H2,18,19,22);;/q;+1;-1. The molecule has 2 aromatic carbocycles. The van der Waals surface area contributed by atoms with Crippen LogP contribution >= 0.6 is 27.5 Å². The fraction of sp³-hybridized carbons (Fsp3) is 0.133. The van der Waals surface area contributed by atoms with E-state index in [1.165, 1.54) is 26.2 Å². The summed E-state index contributed by atoms with van der Waals surface area (Å²) >= 11 is 9.21. The molecule has 0 aromatic heterocycles. The molecule has 0 aliphatic heterocycles. The van der Waals surface area contributed by atoms with Crippen molar-refractivity contribution in [3.05, 3.63) is 45.9 Å². The Balaban J connectivity index is 0.00000338. The van der Waals surface area contributed by atoms with Gasteiger partial charge in [-0.1, -0.05) is 23.7 Å². The second kappa shape index (κ2) is 9.41. The molecule has 3 N–H and O–H groups in total. The first kappa shape index (κ1) is 23.2. The Hall–Kier alpha value is -0.810. The first-order valence-electron chi connectivity index (χ1n) is 6.91. The Bertz CT molecular complexity index is 931. The molecule has 0 spiro atoms. The van der Waals surface area contributed by atoms with Crippen LogP contribution in [0.2, 0.25) is 5.02 Å². The van der Waals surface area contributed by atoms with Crippen molar-refractivity contribution >= 4 is 55.0 Å². The van der Waals surface area contributed by atoms with E-state index in [9.17, 15) is 18.3 Å². The molecule has 26 heavy (non-hydrogen) atoms. The number of aromatic hydroxyl groups is 1. The van der Waals surface area contributed by atoms with E-state index in [0.29, 0.717) is 10.2 Å². The summed E-state index contributed by atoms with van der Waals surface area (Å²) in [5.74, 6) is -0.636. The van der Waals surface area contributed by atoms with Crippen molar-refractivity contribution in [3.63, 3.8) is 0 Å². The number of sulfonamides is 1. The predicted octanol–water partition coefficient (Wildman–Crippen LogP) is 0.819. The molecule has 0 saturated heterocycles. The Kier molecular flexibility index (Phi) is 8.40. The number of anilines is 2. The molecule has 136 valence electrons. The SMILES string of the molecule is CN(C)S(=O)(=O)c1c(Cl)ccc(NC(=O)Nc2ccccc2Br)c1O.[H-].[Na+]. The number of phenolic OH excluding ortho intramolecular Hbond substituents is 1. The van der Waals surface area contributed by atoms with Gasteiger partial charge in [-0.05, 0) is 40.2 Å². The Morgan fingerprint density at radius 2 is 1.73 bits per heavy atom. The smallest absolute Gasteiger partial charge is 1.00 e. The molecule has 0 bridgehead atoms. The molecule has 0 unspecified atom stereocenters. The molecule has 2 aromatic rings. The van der Waals surface area contributed by atoms with Crippen LogP contribution in [0.4, 0.5) is 16.2 Å². The van der Waals surface area contributed by atoms with Gasteiger partial charge in [-0.25, -0.2) is 17.5 Å². The topological polar surface area (TPSA) is 98.7 Å². The number of urea groups is 1. The van der Waals surface area contributed by atoms with Crippen LogP contribution in [0.15, 0.2) is 45.8 Å². The van der Waals surface area contributed by atoms with Crippen molar-refractivity contribution in [1.29, 1.82) is 0 Å². The summed E-state index contributed by atoms with van der Waals surface area (Å²) in [5.41, 5.74) is 0.420. The number of carbonyl (C=O) groups excluding carboxylic acids is 1. The monoisotopic (exact) mass is 471 g/mol. The molecule has 2 rings (SSSR count). The van der Waals surface area contributed by atoms with Gasteiger partial charge < -0.3 is 17.2 Å². The molecule has 0 aliphatic carbocycles. The second-order valence-electron chi connectivity index (χ2n) is 5.12. The van der Waals surface area contributed by atoms with E-state index in [2.05, 4.69) is 26.6 Å². The molecule has 0 radical (unpaired) electrons. The number of carbonyl (C=O) groups is 1. The van der Waals surface area contributed by atoms with Crippen LogP contribution in [0.3, 0.4) is 0 Å². The third-order valence-electron chi connectivity index (χ3n) is 3.19. The predicted molar refractivity (Wildman–Crippen MR) is 102 cm³/mol. The zero-order chi connectivity index (χ0) is 18.8. The summed E-state index contributed by atoms with van der Waals surface area (Å²) in [6.45, 7) is 0. The number of benzene rings is 2. The van der Waals surface area contributed by atoms with Gasteiger partial charge in [0, 0.05) is 18.6 Å². The van der Waals surface area contributed by atoms with Crippen LogP contribution < -0.4 is 40.2 Å². The van der Waals surface area contributed by atoms with Crippen molar-refractivity contribution < 1.29 is 49.3 Å². The number of hydrogen-bond acceptors (Lipinski definition) is 4. The zero-order valence-corrected chi connectivity index (χ0v) is 19.4. The van der Waals surface area contributed by atoms with Gasteiger partial charge >= 0.3 is 35.6 Å². The summed E-state index contributed by atoms with van der Waals surface area (Å²) < 4.78 is 26.2. The number of amides is 2. The van der Waals surface area contributed by atoms with Gasteiger partial charge in [0.25, 0.3) is 0 Å². The quantitative estimate of drug-likeness (QED) is 0.453. The Morgan fingerprint density at radius 3 is 2.31 bits per heavy atom. The van der Waals surface area contributed by atoms with Crippen molar-refractivity contribution in [2.45, 2.75) is 4.90 Å². The molecule has 7 nitrogen and oxygen atoms in total. The van der Waals surface area contributed by atoms with Crippen molar-refractivity contribution in [3.8, 4) is 5.75 Å². The normalized spacial score (nSPS) is 11.0. The summed E-state index contributed by atoms with van der Waals surface area (Å²) in [5, 5.41) is 15.1. The van der Waals surface area contributed by atoms with Crippen molar-refractivity contribution in [2.24, 2.45) is 0 Å². The Morgan fingerprint density at radius 1 is 1.15 bits per heavy atom. The van der Waals surface area contributed by atoms with Gasteiger partial charge in [-0.15, -0.1) is 0 Å². The van der Waals surface area contributed by atoms with Gasteiger partial charge in [0.2, 0.25) is 10.0 Å². The molecule has 2 amide bonds. The van der Waals surface area contributed by atoms with Gasteiger partial charge in [-0.3, -0.25) is 0 Å². The summed E-state index contributed by atoms with van der Waals surface area (Å²) in [4.78, 5) is 11.6. The van der Waals surface area contributed by atoms with Crippen molar-refractivity contribution in [1.82, 2.24) is 4.31 Å². The number of nitrogens with zero attached hydrogens (tertiary/aromatic N) is 1. The minimum absolute atomic E-state index is 0. The largest absolute Gasteiger partial charge is 1.00 e. The Labute approximate surface area is 188 Å². The maximum absolute atomic E-state index is 12.3. The minimum Gasteiger partial charge on any atom is -1.00 e. The molecule has 0 saturated carbocycles. The van der Waals surface area contributed by atoms with Crippen LogP contribution in [0.5, 0.6) is 5.75 Å². The number of nitrogens with one attached hydrogen (secondary N) is 2. The molecule has 0 atom stereocenters. The fourth-order valence-corrected chi connectivity index (χ4v) is 3.78. The van der Waals surface area contributed by atoms with Gasteiger partial charge in [0.05, 0.1) is 16.4 Å². The summed E-state index contributed by atoms with van der Waals surface area (Å²) in [6, 6.07) is 8.89. The van der Waals surface area contributed by atoms with Gasteiger partial charge in [0.1, 0.15) is 4.90 Å². The van der Waals surface area contributed by atoms with Gasteiger partial charge in [-0.2, -0.15) is 0 Å². The first-order chi connectivity index (χ1) is 11.6. The molecular weight excluding hydrogens is 457 g/mol. The summed E-state index contributed by atoms with van der Waals surface area (Å²) in [7, 11) is -1.37. The summed E-state index contributed by atoms with van der Waals surface area (Å²) in [6.07, 6.45) is 0. The molecule has 0 fully saturated rings. The number of hydrogen-bond donors (Lipinski definition) is 3. The second-order valence-corrected chi connectivity index (χ2v) is 8.47. The first-order valence-corrected chi connectivity index (χ1v) is 9.52. The van der Waals surface area contributed by atoms with E-state index >= 15 is 0 Å². The number of phenols is 1. The third-order valence-corrected chi connectivity index (χ3v) is 6.20. The zero-order valence-electron chi connectivity index (χ0n) is 15.2. The maximum atomic E-state index is 12.3. The molecule has 0 heterocycles. The minimum atomic E-state index is -3.99. The average Bonchev–Trinajstić information content (AvgIpc) is 2.52. The van der Waals surface area contributed by atoms with E-state index in [4.69, 9.17) is 11.6 Å². The van der Waals surface area contributed by atoms with E-state index in [1.807, 2.05) is 0 Å². The van der Waals surface area contributed by atoms with E-state index in [-0.39, 0.29) is 41.7 Å². The van der Waals surface area contributed by atoms with Crippen LogP contribution in [0, 0.1) is 0 Å². The number of halogens is 2. The van der Waals surface area contributed by atoms with Crippen LogP contribution in [-0.2, 0) is 10.0 Å². The van der Waals surface area contributed by atoms with Crippen molar-refractivity contribution in [2.75, 3.05) is 24.7 Å². The van der Waals surface area contributed by atoms with Crippen LogP contribution in [0.25, 0.3) is 0 Å². The van der Waals surface area contributed by atoms with E-state index < -0.39 is 26.7 Å². The fourth-order valence-electron chi connectivity index (χ4n) is 1.91. The van der Waals surface area contributed by atoms with Crippen LogP contribution in [0.1, 0.15) is 1.43 Å². The number of rotatable bonds is 4. The number of para-hydroxylation sites is 1. The molecule has 11 heteroatoms. The van der Waals surface area contributed by atoms with Gasteiger partial charge in [0.15, 0.2) is 5.75 Å². The van der Waals surface area contributed by atoms with E-state index in [0.717, 1.165) is 4.31 Å². The average molecular weight is 473 g/mol. The maximum Gasteiger partial charge on any atom is 1.00 e. The third kappa shape index (κ3) is 5.13. The molecular formula is C15H16BrClN3NaO4S.